The molecule has 0 bridgehead atoms. The maximum atomic E-state index is 13.4. The largest absolute Gasteiger partial charge is 0.492 e. The third-order valence-corrected chi connectivity index (χ3v) is 4.10. The van der Waals surface area contributed by atoms with Gasteiger partial charge in [0.25, 0.3) is 0 Å². The molecule has 1 heterocycles. The summed E-state index contributed by atoms with van der Waals surface area (Å²) in [7, 11) is 2.41. The minimum atomic E-state index is -4.68. The number of hydrogen-bond donors (Lipinski definition) is 1. The van der Waals surface area contributed by atoms with Crippen LogP contribution in [0.2, 0.25) is 0 Å². The fraction of sp³-hybridized carbons (Fsp3) is 0.211. The number of fused-ring (bicyclic) bond motifs is 1. The minimum Gasteiger partial charge on any atom is -0.492 e. The summed E-state index contributed by atoms with van der Waals surface area (Å²) >= 11 is 0. The summed E-state index contributed by atoms with van der Waals surface area (Å²) in [5.74, 6) is -0.572. The van der Waals surface area contributed by atoms with Gasteiger partial charge in [0.05, 0.1) is 19.9 Å². The molecule has 0 aliphatic rings. The number of benzene rings is 2. The zero-order chi connectivity index (χ0) is 19.8. The molecule has 0 aliphatic heterocycles. The molecule has 0 amide bonds. The van der Waals surface area contributed by atoms with Crippen LogP contribution < -0.4 is 19.9 Å². The highest BCUT2D eigenvalue weighted by atomic mass is 19.4. The van der Waals surface area contributed by atoms with E-state index < -0.39 is 17.5 Å². The van der Waals surface area contributed by atoms with E-state index in [-0.39, 0.29) is 22.9 Å². The first kappa shape index (κ1) is 18.6. The number of nitrogens with zero attached hydrogens (tertiary/aromatic N) is 1. The molecule has 27 heavy (non-hydrogen) atoms. The lowest BCUT2D eigenvalue weighted by Gasteiger charge is -2.20. The van der Waals surface area contributed by atoms with Crippen molar-refractivity contribution in [3.63, 3.8) is 0 Å². The summed E-state index contributed by atoms with van der Waals surface area (Å²) in [6.07, 6.45) is -3.09. The molecule has 0 radical (unpaired) electrons. The molecule has 0 fully saturated rings. The standard InChI is InChI=1S/C19H17F3N2O3/c1-10-7-8-24-15-11(10)5-4-6-14(15)27-18-16(25-2)12(19(20,21)22)9-13(23)17(18)26-3/h4-9H,23H2,1-3H3. The fourth-order valence-corrected chi connectivity index (χ4v) is 2.84. The van der Waals surface area contributed by atoms with E-state index in [1.54, 1.807) is 18.3 Å². The average molecular weight is 378 g/mol. The van der Waals surface area contributed by atoms with Crippen molar-refractivity contribution in [1.82, 2.24) is 4.98 Å². The Kier molecular flexibility index (Phi) is 4.73. The molecule has 0 atom stereocenters. The van der Waals surface area contributed by atoms with Gasteiger partial charge in [-0.2, -0.15) is 13.2 Å². The van der Waals surface area contributed by atoms with Gasteiger partial charge < -0.3 is 19.9 Å². The van der Waals surface area contributed by atoms with E-state index in [4.69, 9.17) is 19.9 Å². The van der Waals surface area contributed by atoms with Crippen LogP contribution in [0.15, 0.2) is 36.5 Å². The molecule has 2 aromatic carbocycles. The smallest absolute Gasteiger partial charge is 0.420 e. The predicted octanol–water partition coefficient (Wildman–Crippen LogP) is 4.95. The van der Waals surface area contributed by atoms with Gasteiger partial charge in [0.1, 0.15) is 11.1 Å². The van der Waals surface area contributed by atoms with Gasteiger partial charge in [0.15, 0.2) is 17.2 Å². The third kappa shape index (κ3) is 3.30. The first-order valence-electron chi connectivity index (χ1n) is 7.91. The van der Waals surface area contributed by atoms with Crippen LogP contribution in [0.1, 0.15) is 11.1 Å². The Labute approximate surface area is 153 Å². The molecule has 0 saturated carbocycles. The molecule has 0 unspecified atom stereocenters. The number of methoxy groups -OCH3 is 2. The normalized spacial score (nSPS) is 11.5. The van der Waals surface area contributed by atoms with Gasteiger partial charge in [0.2, 0.25) is 5.75 Å². The Hall–Kier alpha value is -3.16. The average Bonchev–Trinajstić information content (AvgIpc) is 2.61. The van der Waals surface area contributed by atoms with Gasteiger partial charge in [-0.1, -0.05) is 12.1 Å². The second-order valence-electron chi connectivity index (χ2n) is 5.79. The van der Waals surface area contributed by atoms with Gasteiger partial charge in [0, 0.05) is 11.6 Å². The number of halogens is 3. The molecule has 3 aromatic rings. The van der Waals surface area contributed by atoms with Gasteiger partial charge in [-0.25, -0.2) is 0 Å². The number of aryl methyl sites for hydroxylation is 1. The first-order chi connectivity index (χ1) is 12.8. The van der Waals surface area contributed by atoms with Crippen LogP contribution in [-0.4, -0.2) is 19.2 Å². The number of rotatable bonds is 4. The quantitative estimate of drug-likeness (QED) is 0.651. The Morgan fingerprint density at radius 1 is 1.00 bits per heavy atom. The van der Waals surface area contributed by atoms with Crippen molar-refractivity contribution >= 4 is 16.6 Å². The zero-order valence-corrected chi connectivity index (χ0v) is 14.8. The van der Waals surface area contributed by atoms with Crippen LogP contribution in [0.25, 0.3) is 10.9 Å². The van der Waals surface area contributed by atoms with Crippen molar-refractivity contribution in [3.05, 3.63) is 47.7 Å². The highest BCUT2D eigenvalue weighted by Gasteiger charge is 2.38. The number of pyridine rings is 1. The molecule has 8 heteroatoms. The summed E-state index contributed by atoms with van der Waals surface area (Å²) in [5, 5.41) is 0.813. The van der Waals surface area contributed by atoms with Crippen LogP contribution in [0, 0.1) is 6.92 Å². The van der Waals surface area contributed by atoms with Crippen LogP contribution in [0.5, 0.6) is 23.0 Å². The molecule has 0 spiro atoms. The van der Waals surface area contributed by atoms with Crippen molar-refractivity contribution in [2.75, 3.05) is 20.0 Å². The Morgan fingerprint density at radius 3 is 2.33 bits per heavy atom. The van der Waals surface area contributed by atoms with Crippen molar-refractivity contribution in [2.24, 2.45) is 0 Å². The molecule has 0 aliphatic carbocycles. The summed E-state index contributed by atoms with van der Waals surface area (Å²) in [6.45, 7) is 1.90. The summed E-state index contributed by atoms with van der Waals surface area (Å²) in [6, 6.07) is 7.76. The van der Waals surface area contributed by atoms with Gasteiger partial charge in [-0.15, -0.1) is 0 Å². The molecule has 5 nitrogen and oxygen atoms in total. The van der Waals surface area contributed by atoms with E-state index in [9.17, 15) is 13.2 Å². The van der Waals surface area contributed by atoms with Crippen LogP contribution in [0.3, 0.4) is 0 Å². The van der Waals surface area contributed by atoms with Crippen molar-refractivity contribution in [2.45, 2.75) is 13.1 Å². The van der Waals surface area contributed by atoms with Crippen molar-refractivity contribution in [1.29, 1.82) is 0 Å². The van der Waals surface area contributed by atoms with E-state index in [0.717, 1.165) is 24.1 Å². The Morgan fingerprint density at radius 2 is 1.70 bits per heavy atom. The first-order valence-corrected chi connectivity index (χ1v) is 7.91. The number of nitrogen functional groups attached to an aromatic ring is 1. The second kappa shape index (κ2) is 6.86. The fourth-order valence-electron chi connectivity index (χ4n) is 2.84. The van der Waals surface area contributed by atoms with Gasteiger partial charge in [-0.05, 0) is 30.7 Å². The number of alkyl halides is 3. The highest BCUT2D eigenvalue weighted by molar-refractivity contribution is 5.87. The maximum Gasteiger partial charge on any atom is 0.420 e. The summed E-state index contributed by atoms with van der Waals surface area (Å²) < 4.78 is 56.3. The molecule has 2 N–H and O–H groups in total. The molecule has 3 rings (SSSR count). The number of hydrogen-bond acceptors (Lipinski definition) is 5. The van der Waals surface area contributed by atoms with Crippen LogP contribution in [0.4, 0.5) is 18.9 Å². The molecule has 1 aromatic heterocycles. The summed E-state index contributed by atoms with van der Waals surface area (Å²) in [5.41, 5.74) is 5.95. The lowest BCUT2D eigenvalue weighted by molar-refractivity contribution is -0.138. The number of para-hydroxylation sites is 1. The van der Waals surface area contributed by atoms with E-state index in [1.165, 1.54) is 7.11 Å². The lowest BCUT2D eigenvalue weighted by atomic mass is 10.1. The van der Waals surface area contributed by atoms with E-state index in [0.29, 0.717) is 5.52 Å². The lowest BCUT2D eigenvalue weighted by Crippen LogP contribution is -2.10. The van der Waals surface area contributed by atoms with Gasteiger partial charge in [-0.3, -0.25) is 4.98 Å². The molecular weight excluding hydrogens is 361 g/mol. The predicted molar refractivity (Wildman–Crippen MR) is 95.5 cm³/mol. The van der Waals surface area contributed by atoms with Crippen molar-refractivity contribution in [3.8, 4) is 23.0 Å². The topological polar surface area (TPSA) is 66.6 Å². The second-order valence-corrected chi connectivity index (χ2v) is 5.79. The van der Waals surface area contributed by atoms with Crippen LogP contribution in [-0.2, 0) is 6.18 Å². The number of anilines is 1. The molecular formula is C19H17F3N2O3. The zero-order valence-electron chi connectivity index (χ0n) is 14.8. The third-order valence-electron chi connectivity index (χ3n) is 4.10. The SMILES string of the molecule is COc1c(N)cc(C(F)(F)F)c(OC)c1Oc1cccc2c(C)ccnc12. The van der Waals surface area contributed by atoms with E-state index >= 15 is 0 Å². The Balaban J connectivity index is 2.26. The summed E-state index contributed by atoms with van der Waals surface area (Å²) in [4.78, 5) is 4.28. The number of aromatic nitrogens is 1. The molecule has 0 saturated heterocycles. The monoisotopic (exact) mass is 378 g/mol. The van der Waals surface area contributed by atoms with E-state index in [2.05, 4.69) is 4.98 Å². The highest BCUT2D eigenvalue weighted by Crippen LogP contribution is 2.51. The van der Waals surface area contributed by atoms with Gasteiger partial charge >= 0.3 is 6.18 Å². The van der Waals surface area contributed by atoms with Crippen molar-refractivity contribution < 1.29 is 27.4 Å². The van der Waals surface area contributed by atoms with Crippen LogP contribution >= 0.6 is 0 Å². The number of nitrogens with two attached hydrogens (primary N) is 1. The maximum absolute atomic E-state index is 13.4. The number of ether oxygens (including phenoxy) is 3. The molecule has 142 valence electrons. The Bertz CT molecular complexity index is 1000. The van der Waals surface area contributed by atoms with E-state index in [1.807, 2.05) is 19.1 Å². The minimum absolute atomic E-state index is 0.0514.